The van der Waals surface area contributed by atoms with Crippen molar-refractivity contribution in [3.05, 3.63) is 0 Å². The van der Waals surface area contributed by atoms with Crippen molar-refractivity contribution >= 4 is 5.97 Å². The molecule has 14 heavy (non-hydrogen) atoms. The summed E-state index contributed by atoms with van der Waals surface area (Å²) in [5.74, 6) is -4.47. The lowest BCUT2D eigenvalue weighted by molar-refractivity contribution is -0.146. The van der Waals surface area contributed by atoms with Crippen LogP contribution in [0.4, 0.5) is 8.78 Å². The van der Waals surface area contributed by atoms with Gasteiger partial charge in [-0.2, -0.15) is 0 Å². The van der Waals surface area contributed by atoms with Crippen LogP contribution >= 0.6 is 0 Å². The quantitative estimate of drug-likeness (QED) is 0.750. The summed E-state index contributed by atoms with van der Waals surface area (Å²) in [5, 5.41) is 8.77. The number of hydrogen-bond acceptors (Lipinski definition) is 1. The van der Waals surface area contributed by atoms with E-state index in [-0.39, 0.29) is 0 Å². The Hall–Kier alpha value is -0.670. The highest BCUT2D eigenvalue weighted by molar-refractivity contribution is 5.70. The summed E-state index contributed by atoms with van der Waals surface area (Å²) >= 11 is 0. The fourth-order valence-corrected chi connectivity index (χ4v) is 1.83. The Kier molecular flexibility index (Phi) is 3.45. The molecule has 1 aliphatic rings. The molecule has 0 aliphatic heterocycles. The van der Waals surface area contributed by atoms with E-state index in [2.05, 4.69) is 0 Å². The zero-order chi connectivity index (χ0) is 10.8. The molecule has 1 rings (SSSR count). The second-order valence-electron chi connectivity index (χ2n) is 4.34. The third-order valence-electron chi connectivity index (χ3n) is 2.80. The molecule has 0 saturated heterocycles. The van der Waals surface area contributed by atoms with Crippen molar-refractivity contribution in [1.29, 1.82) is 0 Å². The van der Waals surface area contributed by atoms with Gasteiger partial charge in [0.1, 0.15) is 0 Å². The minimum atomic E-state index is -2.87. The van der Waals surface area contributed by atoms with E-state index < -0.39 is 24.2 Å². The van der Waals surface area contributed by atoms with Crippen LogP contribution in [0.15, 0.2) is 0 Å². The maximum absolute atomic E-state index is 12.6. The predicted molar refractivity (Wildman–Crippen MR) is 48.3 cm³/mol. The van der Waals surface area contributed by atoms with E-state index in [9.17, 15) is 13.6 Å². The summed E-state index contributed by atoms with van der Waals surface area (Å²) < 4.78 is 25.3. The molecule has 0 aromatic carbocycles. The standard InChI is InChI=1S/C10H16F2O2/c1-10(11,12)6-8(9(13)14)5-7-3-2-4-7/h7-8H,2-6H2,1H3,(H,13,14). The van der Waals surface area contributed by atoms with E-state index >= 15 is 0 Å². The van der Waals surface area contributed by atoms with Gasteiger partial charge in [-0.15, -0.1) is 0 Å². The highest BCUT2D eigenvalue weighted by atomic mass is 19.3. The molecule has 0 aromatic rings. The molecule has 0 radical (unpaired) electrons. The van der Waals surface area contributed by atoms with Gasteiger partial charge in [0, 0.05) is 6.42 Å². The maximum Gasteiger partial charge on any atom is 0.306 e. The fourth-order valence-electron chi connectivity index (χ4n) is 1.83. The van der Waals surface area contributed by atoms with Gasteiger partial charge >= 0.3 is 5.97 Å². The van der Waals surface area contributed by atoms with Crippen LogP contribution in [-0.4, -0.2) is 17.0 Å². The molecule has 1 N–H and O–H groups in total. The number of halogens is 2. The minimum Gasteiger partial charge on any atom is -0.481 e. The first-order valence-corrected chi connectivity index (χ1v) is 4.99. The molecule has 0 bridgehead atoms. The van der Waals surface area contributed by atoms with Crippen molar-refractivity contribution < 1.29 is 18.7 Å². The van der Waals surface area contributed by atoms with E-state index in [4.69, 9.17) is 5.11 Å². The Bertz CT molecular complexity index is 207. The maximum atomic E-state index is 12.6. The second kappa shape index (κ2) is 4.24. The first-order valence-electron chi connectivity index (χ1n) is 4.99. The van der Waals surface area contributed by atoms with Crippen LogP contribution in [0, 0.1) is 11.8 Å². The molecule has 1 fully saturated rings. The summed E-state index contributed by atoms with van der Waals surface area (Å²) in [5.41, 5.74) is 0. The number of carbonyl (C=O) groups is 1. The van der Waals surface area contributed by atoms with Crippen LogP contribution in [0.2, 0.25) is 0 Å². The number of carboxylic acids is 1. The summed E-state index contributed by atoms with van der Waals surface area (Å²) in [6.45, 7) is 0.781. The second-order valence-corrected chi connectivity index (χ2v) is 4.34. The lowest BCUT2D eigenvalue weighted by Crippen LogP contribution is -2.27. The smallest absolute Gasteiger partial charge is 0.306 e. The molecule has 2 nitrogen and oxygen atoms in total. The topological polar surface area (TPSA) is 37.3 Å². The Morgan fingerprint density at radius 2 is 2.14 bits per heavy atom. The first-order chi connectivity index (χ1) is 6.38. The summed E-state index contributed by atoms with van der Waals surface area (Å²) in [6, 6.07) is 0. The van der Waals surface area contributed by atoms with Crippen molar-refractivity contribution in [1.82, 2.24) is 0 Å². The first kappa shape index (κ1) is 11.4. The van der Waals surface area contributed by atoms with Crippen LogP contribution in [-0.2, 0) is 4.79 Å². The van der Waals surface area contributed by atoms with Gasteiger partial charge in [-0.05, 0) is 19.3 Å². The van der Waals surface area contributed by atoms with Gasteiger partial charge in [0.15, 0.2) is 0 Å². The average molecular weight is 206 g/mol. The lowest BCUT2D eigenvalue weighted by Gasteiger charge is -2.28. The zero-order valence-corrected chi connectivity index (χ0v) is 8.30. The van der Waals surface area contributed by atoms with Gasteiger partial charge < -0.3 is 5.11 Å². The van der Waals surface area contributed by atoms with Gasteiger partial charge in [0.2, 0.25) is 5.92 Å². The number of carboxylic acid groups (broad SMARTS) is 1. The minimum absolute atomic E-state index is 0.360. The SMILES string of the molecule is CC(F)(F)CC(CC1CCC1)C(=O)O. The molecule has 1 saturated carbocycles. The predicted octanol–water partition coefficient (Wildman–Crippen LogP) is 2.92. The molecule has 1 aliphatic carbocycles. The monoisotopic (exact) mass is 206 g/mol. The van der Waals surface area contributed by atoms with Crippen molar-refractivity contribution in [3.8, 4) is 0 Å². The van der Waals surface area contributed by atoms with Crippen LogP contribution in [0.3, 0.4) is 0 Å². The fraction of sp³-hybridized carbons (Fsp3) is 0.900. The highest BCUT2D eigenvalue weighted by Crippen LogP contribution is 2.35. The molecule has 1 unspecified atom stereocenters. The molecular formula is C10H16F2O2. The molecule has 0 aromatic heterocycles. The lowest BCUT2D eigenvalue weighted by atomic mass is 9.78. The average Bonchev–Trinajstić information content (AvgIpc) is 1.91. The van der Waals surface area contributed by atoms with Gasteiger partial charge in [0.25, 0.3) is 0 Å². The van der Waals surface area contributed by atoms with E-state index in [0.29, 0.717) is 12.3 Å². The Morgan fingerprint density at radius 1 is 1.57 bits per heavy atom. The van der Waals surface area contributed by atoms with Crippen molar-refractivity contribution in [2.45, 2.75) is 45.0 Å². The molecule has 1 atom stereocenters. The number of alkyl halides is 2. The van der Waals surface area contributed by atoms with E-state index in [1.54, 1.807) is 0 Å². The van der Waals surface area contributed by atoms with Crippen molar-refractivity contribution in [3.63, 3.8) is 0 Å². The van der Waals surface area contributed by atoms with E-state index in [1.807, 2.05) is 0 Å². The van der Waals surface area contributed by atoms with Crippen LogP contribution in [0.5, 0.6) is 0 Å². The van der Waals surface area contributed by atoms with Crippen molar-refractivity contribution in [2.24, 2.45) is 11.8 Å². The Morgan fingerprint density at radius 3 is 2.43 bits per heavy atom. The Balaban J connectivity index is 2.42. The van der Waals surface area contributed by atoms with Gasteiger partial charge in [-0.25, -0.2) is 8.78 Å². The summed E-state index contributed by atoms with van der Waals surface area (Å²) in [6.07, 6.45) is 3.00. The molecule has 0 amide bonds. The largest absolute Gasteiger partial charge is 0.481 e. The summed E-state index contributed by atoms with van der Waals surface area (Å²) in [4.78, 5) is 10.7. The number of aliphatic carboxylic acids is 1. The molecular weight excluding hydrogens is 190 g/mol. The third-order valence-corrected chi connectivity index (χ3v) is 2.80. The van der Waals surface area contributed by atoms with E-state index in [0.717, 1.165) is 26.2 Å². The van der Waals surface area contributed by atoms with Gasteiger partial charge in [-0.3, -0.25) is 4.79 Å². The summed E-state index contributed by atoms with van der Waals surface area (Å²) in [7, 11) is 0. The molecule has 4 heteroatoms. The Labute approximate surface area is 82.3 Å². The zero-order valence-electron chi connectivity index (χ0n) is 8.30. The highest BCUT2D eigenvalue weighted by Gasteiger charge is 2.33. The normalized spacial score (nSPS) is 20.2. The van der Waals surface area contributed by atoms with Gasteiger partial charge in [0.05, 0.1) is 5.92 Å². The van der Waals surface area contributed by atoms with E-state index in [1.165, 1.54) is 0 Å². The number of hydrogen-bond donors (Lipinski definition) is 1. The third kappa shape index (κ3) is 3.60. The molecule has 0 heterocycles. The van der Waals surface area contributed by atoms with Crippen LogP contribution in [0.1, 0.15) is 39.0 Å². The van der Waals surface area contributed by atoms with Crippen molar-refractivity contribution in [2.75, 3.05) is 0 Å². The van der Waals surface area contributed by atoms with Gasteiger partial charge in [-0.1, -0.05) is 19.3 Å². The molecule has 0 spiro atoms. The van der Waals surface area contributed by atoms with Crippen LogP contribution in [0.25, 0.3) is 0 Å². The van der Waals surface area contributed by atoms with Crippen LogP contribution < -0.4 is 0 Å². The molecule has 82 valence electrons. The number of rotatable bonds is 5.